The molecule has 2 aliphatic heterocycles. The average molecular weight is 454 g/mol. The van der Waals surface area contributed by atoms with Crippen molar-refractivity contribution in [2.45, 2.75) is 44.9 Å². The number of amides is 2. The second-order valence-corrected chi connectivity index (χ2v) is 9.08. The molecule has 0 radical (unpaired) electrons. The molecular weight excluding hydrogens is 426 g/mol. The standard InChI is InChI=1S/C24H27N3O2S2/c1-4-25-18-12-7-8-13-19(18)31-20(25)15-16-10-9-11-17(14-16)21-22(28)26(5-2)24(30)27(6-3)23(21)29/h7-8,12-15H,4-6,9-11H2,1-3H3. The third-order valence-electron chi connectivity index (χ3n) is 5.87. The molecular formula is C24H27N3O2S2. The van der Waals surface area contributed by atoms with Crippen LogP contribution in [0.3, 0.4) is 0 Å². The number of carbonyl (C=O) groups excluding carboxylic acids is 2. The number of rotatable bonds is 4. The van der Waals surface area contributed by atoms with Crippen molar-refractivity contribution in [3.63, 3.8) is 0 Å². The Bertz CT molecular complexity index is 1010. The Morgan fingerprint density at radius 1 is 0.968 bits per heavy atom. The van der Waals surface area contributed by atoms with E-state index in [0.717, 1.165) is 37.0 Å². The summed E-state index contributed by atoms with van der Waals surface area (Å²) in [5, 5.41) is 1.50. The van der Waals surface area contributed by atoms with Gasteiger partial charge in [0.15, 0.2) is 5.11 Å². The maximum atomic E-state index is 13.1. The van der Waals surface area contributed by atoms with E-state index in [-0.39, 0.29) is 17.4 Å². The van der Waals surface area contributed by atoms with E-state index in [9.17, 15) is 9.59 Å². The lowest BCUT2D eigenvalue weighted by Crippen LogP contribution is -2.56. The van der Waals surface area contributed by atoms with Crippen molar-refractivity contribution in [1.82, 2.24) is 9.80 Å². The predicted molar refractivity (Wildman–Crippen MR) is 130 cm³/mol. The van der Waals surface area contributed by atoms with Gasteiger partial charge in [-0.15, -0.1) is 0 Å². The highest BCUT2D eigenvalue weighted by molar-refractivity contribution is 8.03. The lowest BCUT2D eigenvalue weighted by Gasteiger charge is -2.36. The van der Waals surface area contributed by atoms with Crippen molar-refractivity contribution in [2.24, 2.45) is 0 Å². The summed E-state index contributed by atoms with van der Waals surface area (Å²) in [6.45, 7) is 7.73. The Morgan fingerprint density at radius 2 is 1.61 bits per heavy atom. The number of nitrogens with zero attached hydrogens (tertiary/aromatic N) is 3. The maximum Gasteiger partial charge on any atom is 0.265 e. The van der Waals surface area contributed by atoms with E-state index in [1.54, 1.807) is 11.8 Å². The summed E-state index contributed by atoms with van der Waals surface area (Å²) in [6.07, 6.45) is 6.85. The van der Waals surface area contributed by atoms with Crippen molar-refractivity contribution in [2.75, 3.05) is 24.5 Å². The first-order valence-electron chi connectivity index (χ1n) is 10.9. The van der Waals surface area contributed by atoms with Crippen LogP contribution >= 0.6 is 24.0 Å². The summed E-state index contributed by atoms with van der Waals surface area (Å²) in [5.41, 5.74) is 3.50. The second kappa shape index (κ2) is 9.01. The number of allylic oxidation sites excluding steroid dienone is 4. The largest absolute Gasteiger partial charge is 0.335 e. The zero-order valence-corrected chi connectivity index (χ0v) is 19.8. The van der Waals surface area contributed by atoms with Gasteiger partial charge in [0.2, 0.25) is 0 Å². The molecule has 7 heteroatoms. The molecule has 4 rings (SSSR count). The topological polar surface area (TPSA) is 43.9 Å². The van der Waals surface area contributed by atoms with Gasteiger partial charge >= 0.3 is 0 Å². The molecule has 0 unspecified atom stereocenters. The molecule has 0 bridgehead atoms. The van der Waals surface area contributed by atoms with Crippen molar-refractivity contribution in [3.8, 4) is 0 Å². The molecule has 1 saturated heterocycles. The van der Waals surface area contributed by atoms with Crippen LogP contribution in [0.5, 0.6) is 0 Å². The van der Waals surface area contributed by atoms with Crippen LogP contribution in [0.15, 0.2) is 63.1 Å². The van der Waals surface area contributed by atoms with Gasteiger partial charge in [0.25, 0.3) is 11.8 Å². The number of para-hydroxylation sites is 1. The molecule has 0 saturated carbocycles. The van der Waals surface area contributed by atoms with Gasteiger partial charge in [-0.2, -0.15) is 0 Å². The summed E-state index contributed by atoms with van der Waals surface area (Å²) in [6, 6.07) is 8.43. The molecule has 0 atom stereocenters. The highest BCUT2D eigenvalue weighted by Crippen LogP contribution is 2.46. The van der Waals surface area contributed by atoms with Crippen LogP contribution in [0.4, 0.5) is 5.69 Å². The quantitative estimate of drug-likeness (QED) is 0.370. The van der Waals surface area contributed by atoms with Gasteiger partial charge in [-0.05, 0) is 81.6 Å². The molecule has 0 aromatic heterocycles. The molecule has 1 aromatic rings. The number of anilines is 1. The summed E-state index contributed by atoms with van der Waals surface area (Å²) in [5.74, 6) is -0.527. The van der Waals surface area contributed by atoms with Crippen LogP contribution in [-0.2, 0) is 9.59 Å². The van der Waals surface area contributed by atoms with E-state index in [4.69, 9.17) is 12.2 Å². The van der Waals surface area contributed by atoms with Gasteiger partial charge in [0.1, 0.15) is 5.57 Å². The van der Waals surface area contributed by atoms with Gasteiger partial charge in [-0.25, -0.2) is 0 Å². The summed E-state index contributed by atoms with van der Waals surface area (Å²) >= 11 is 7.16. The van der Waals surface area contributed by atoms with Crippen LogP contribution in [0.25, 0.3) is 0 Å². The van der Waals surface area contributed by atoms with Crippen molar-refractivity contribution in [3.05, 3.63) is 58.2 Å². The molecule has 0 spiro atoms. The van der Waals surface area contributed by atoms with E-state index in [2.05, 4.69) is 48.2 Å². The first kappa shape index (κ1) is 21.8. The van der Waals surface area contributed by atoms with Gasteiger partial charge in [-0.1, -0.05) is 30.0 Å². The summed E-state index contributed by atoms with van der Waals surface area (Å²) < 4.78 is 0. The van der Waals surface area contributed by atoms with Crippen LogP contribution in [0.1, 0.15) is 40.0 Å². The van der Waals surface area contributed by atoms with Crippen molar-refractivity contribution >= 4 is 46.6 Å². The highest BCUT2D eigenvalue weighted by atomic mass is 32.2. The van der Waals surface area contributed by atoms with Crippen LogP contribution in [-0.4, -0.2) is 46.4 Å². The Balaban J connectivity index is 1.72. The minimum atomic E-state index is -0.264. The smallest absolute Gasteiger partial charge is 0.265 e. The lowest BCUT2D eigenvalue weighted by molar-refractivity contribution is -0.133. The fourth-order valence-electron chi connectivity index (χ4n) is 4.32. The molecule has 2 heterocycles. The zero-order chi connectivity index (χ0) is 22.1. The monoisotopic (exact) mass is 453 g/mol. The predicted octanol–water partition coefficient (Wildman–Crippen LogP) is 4.86. The molecule has 1 aromatic carbocycles. The average Bonchev–Trinajstić information content (AvgIpc) is 3.11. The molecule has 1 fully saturated rings. The van der Waals surface area contributed by atoms with E-state index in [1.807, 2.05) is 13.8 Å². The number of benzene rings is 1. The summed E-state index contributed by atoms with van der Waals surface area (Å²) in [7, 11) is 0. The Hall–Kier alpha value is -2.38. The van der Waals surface area contributed by atoms with E-state index in [1.165, 1.54) is 25.4 Å². The lowest BCUT2D eigenvalue weighted by atomic mass is 9.90. The number of thioether (sulfide) groups is 1. The Morgan fingerprint density at radius 3 is 2.26 bits per heavy atom. The van der Waals surface area contributed by atoms with Gasteiger partial charge < -0.3 is 4.90 Å². The third kappa shape index (κ3) is 3.85. The number of hydrogen-bond donors (Lipinski definition) is 0. The number of likely N-dealkylation sites (N-methyl/N-ethyl adjacent to an activating group) is 2. The molecule has 3 aliphatic rings. The first-order valence-corrected chi connectivity index (χ1v) is 12.1. The Labute approximate surface area is 193 Å². The highest BCUT2D eigenvalue weighted by Gasteiger charge is 2.39. The van der Waals surface area contributed by atoms with Crippen LogP contribution in [0, 0.1) is 0 Å². The van der Waals surface area contributed by atoms with Crippen molar-refractivity contribution in [1.29, 1.82) is 0 Å². The SMILES string of the molecule is CCN1C(=O)C(=C2C=C(C=C3Sc4ccccc4N3CC)CCC2)C(=O)N(CC)C1=S. The van der Waals surface area contributed by atoms with Gasteiger partial charge in [0, 0.05) is 24.5 Å². The van der Waals surface area contributed by atoms with Gasteiger partial charge in [-0.3, -0.25) is 19.4 Å². The molecule has 1 aliphatic carbocycles. The molecule has 31 heavy (non-hydrogen) atoms. The fraction of sp³-hybridized carbons (Fsp3) is 0.375. The number of carbonyl (C=O) groups is 2. The van der Waals surface area contributed by atoms with Gasteiger partial charge in [0.05, 0.1) is 10.7 Å². The molecule has 5 nitrogen and oxygen atoms in total. The minimum Gasteiger partial charge on any atom is -0.335 e. The Kier molecular flexibility index (Phi) is 6.34. The molecule has 162 valence electrons. The third-order valence-corrected chi connectivity index (χ3v) is 7.42. The number of hydrogen-bond acceptors (Lipinski definition) is 5. The van der Waals surface area contributed by atoms with Crippen LogP contribution < -0.4 is 4.90 Å². The first-order chi connectivity index (χ1) is 15.0. The minimum absolute atomic E-state index is 0.264. The number of thiocarbonyl (C=S) groups is 1. The van der Waals surface area contributed by atoms with Crippen LogP contribution in [0.2, 0.25) is 0 Å². The van der Waals surface area contributed by atoms with E-state index in [0.29, 0.717) is 18.2 Å². The van der Waals surface area contributed by atoms with E-state index >= 15 is 0 Å². The zero-order valence-electron chi connectivity index (χ0n) is 18.2. The van der Waals surface area contributed by atoms with E-state index < -0.39 is 0 Å². The molecule has 2 amide bonds. The number of fused-ring (bicyclic) bond motifs is 1. The fourth-order valence-corrected chi connectivity index (χ4v) is 5.95. The summed E-state index contributed by atoms with van der Waals surface area (Å²) in [4.78, 5) is 32.9. The molecule has 0 N–H and O–H groups in total. The normalized spacial score (nSPS) is 20.7. The second-order valence-electron chi connectivity index (χ2n) is 7.65. The van der Waals surface area contributed by atoms with Crippen molar-refractivity contribution < 1.29 is 9.59 Å². The maximum absolute atomic E-state index is 13.1.